The van der Waals surface area contributed by atoms with Crippen molar-refractivity contribution in [3.05, 3.63) is 36.0 Å². The van der Waals surface area contributed by atoms with E-state index in [1.54, 1.807) is 18.1 Å². The molecule has 0 fully saturated rings. The minimum Gasteiger partial charge on any atom is -0.340 e. The maximum atomic E-state index is 11.9. The molecular weight excluding hydrogens is 236 g/mol. The molecule has 0 aliphatic heterocycles. The summed E-state index contributed by atoms with van der Waals surface area (Å²) in [6.07, 6.45) is 1.58. The number of amides is 2. The topological polar surface area (TPSA) is 58.1 Å². The fourth-order valence-electron chi connectivity index (χ4n) is 1.51. The smallest absolute Gasteiger partial charge is 0.326 e. The lowest BCUT2D eigenvalue weighted by Crippen LogP contribution is -2.34. The van der Waals surface area contributed by atoms with Crippen LogP contribution in [0.25, 0.3) is 0 Å². The molecule has 0 aliphatic carbocycles. The van der Waals surface area contributed by atoms with Gasteiger partial charge in [0.2, 0.25) is 0 Å². The van der Waals surface area contributed by atoms with Crippen LogP contribution < -0.4 is 10.2 Å². The van der Waals surface area contributed by atoms with Crippen LogP contribution >= 0.6 is 11.5 Å². The van der Waals surface area contributed by atoms with E-state index in [9.17, 15) is 4.79 Å². The first-order chi connectivity index (χ1) is 8.24. The Labute approximate surface area is 103 Å². The minimum absolute atomic E-state index is 0.203. The van der Waals surface area contributed by atoms with Crippen molar-refractivity contribution < 1.29 is 4.79 Å². The van der Waals surface area contributed by atoms with Gasteiger partial charge in [-0.1, -0.05) is 22.7 Å². The molecule has 88 valence electrons. The fourth-order valence-corrected chi connectivity index (χ4v) is 2.05. The number of hydrogen-bond acceptors (Lipinski definition) is 4. The molecule has 1 N–H and O–H groups in total. The van der Waals surface area contributed by atoms with Gasteiger partial charge in [-0.2, -0.15) is 0 Å². The summed E-state index contributed by atoms with van der Waals surface area (Å²) in [6, 6.07) is 7.48. The van der Waals surface area contributed by atoms with Gasteiger partial charge in [-0.15, -0.1) is 5.10 Å². The molecule has 0 aliphatic rings. The van der Waals surface area contributed by atoms with Crippen LogP contribution in [0.5, 0.6) is 0 Å². The Hall–Kier alpha value is -1.95. The quantitative estimate of drug-likeness (QED) is 0.887. The third kappa shape index (κ3) is 2.26. The Balaban J connectivity index is 2.48. The van der Waals surface area contributed by atoms with E-state index in [4.69, 9.17) is 0 Å². The third-order valence-corrected chi connectivity index (χ3v) is 2.99. The summed E-state index contributed by atoms with van der Waals surface area (Å²) < 4.78 is 3.78. The molecule has 0 radical (unpaired) electrons. The first-order valence-electron chi connectivity index (χ1n) is 5.09. The van der Waals surface area contributed by atoms with Crippen molar-refractivity contribution in [3.8, 4) is 0 Å². The van der Waals surface area contributed by atoms with Gasteiger partial charge in [0.1, 0.15) is 5.00 Å². The minimum atomic E-state index is -0.203. The zero-order valence-corrected chi connectivity index (χ0v) is 10.4. The number of aryl methyl sites for hydroxylation is 1. The number of aromatic nitrogens is 2. The largest absolute Gasteiger partial charge is 0.340 e. The molecule has 1 aromatic heterocycles. The lowest BCUT2D eigenvalue weighted by molar-refractivity contribution is 0.250. The highest BCUT2D eigenvalue weighted by molar-refractivity contribution is 7.10. The number of carbonyl (C=O) groups excluding carboxylic acids is 1. The zero-order chi connectivity index (χ0) is 12.3. The van der Waals surface area contributed by atoms with Crippen molar-refractivity contribution >= 4 is 28.3 Å². The van der Waals surface area contributed by atoms with E-state index in [0.717, 1.165) is 11.3 Å². The van der Waals surface area contributed by atoms with E-state index in [0.29, 0.717) is 5.00 Å². The fraction of sp³-hybridized carbons (Fsp3) is 0.182. The first kappa shape index (κ1) is 11.5. The molecule has 2 amide bonds. The van der Waals surface area contributed by atoms with E-state index < -0.39 is 0 Å². The number of anilines is 2. The van der Waals surface area contributed by atoms with Crippen LogP contribution in [-0.4, -0.2) is 22.7 Å². The average Bonchev–Trinajstić information content (AvgIpc) is 2.85. The molecular formula is C11H12N4OS. The number of para-hydroxylation sites is 1. The zero-order valence-electron chi connectivity index (χ0n) is 9.54. The van der Waals surface area contributed by atoms with Crippen molar-refractivity contribution in [1.29, 1.82) is 0 Å². The maximum absolute atomic E-state index is 11.9. The summed E-state index contributed by atoms with van der Waals surface area (Å²) in [5, 5.41) is 7.07. The lowest BCUT2D eigenvalue weighted by atomic mass is 10.2. The summed E-state index contributed by atoms with van der Waals surface area (Å²) in [6.45, 7) is 1.96. The molecule has 0 saturated heterocycles. The second-order valence-corrected chi connectivity index (χ2v) is 4.20. The Morgan fingerprint density at radius 1 is 1.41 bits per heavy atom. The number of nitrogens with one attached hydrogen (secondary N) is 1. The SMILES string of the molecule is CNC(=O)N(c1cnns1)c1ccccc1C. The molecule has 17 heavy (non-hydrogen) atoms. The highest BCUT2D eigenvalue weighted by Crippen LogP contribution is 2.29. The standard InChI is InChI=1S/C11H12N4OS/c1-8-5-3-4-6-9(8)15(11(16)12-2)10-7-13-14-17-10/h3-7H,1-2H3,(H,12,16). The maximum Gasteiger partial charge on any atom is 0.326 e. The van der Waals surface area contributed by atoms with Crippen molar-refractivity contribution in [3.63, 3.8) is 0 Å². The summed E-state index contributed by atoms with van der Waals surface area (Å²) in [4.78, 5) is 13.5. The van der Waals surface area contributed by atoms with E-state index >= 15 is 0 Å². The molecule has 2 rings (SSSR count). The van der Waals surface area contributed by atoms with E-state index in [1.165, 1.54) is 11.5 Å². The molecule has 1 heterocycles. The molecule has 0 saturated carbocycles. The molecule has 1 aromatic carbocycles. The van der Waals surface area contributed by atoms with Crippen LogP contribution in [0.3, 0.4) is 0 Å². The summed E-state index contributed by atoms with van der Waals surface area (Å²) >= 11 is 1.18. The van der Waals surface area contributed by atoms with Crippen LogP contribution in [0.4, 0.5) is 15.5 Å². The van der Waals surface area contributed by atoms with E-state index in [1.807, 2.05) is 31.2 Å². The lowest BCUT2D eigenvalue weighted by Gasteiger charge is -2.21. The van der Waals surface area contributed by atoms with Gasteiger partial charge in [0.05, 0.1) is 11.9 Å². The Morgan fingerprint density at radius 3 is 2.76 bits per heavy atom. The van der Waals surface area contributed by atoms with Gasteiger partial charge >= 0.3 is 6.03 Å². The third-order valence-electron chi connectivity index (χ3n) is 2.34. The van der Waals surface area contributed by atoms with Crippen LogP contribution in [0.2, 0.25) is 0 Å². The summed E-state index contributed by atoms with van der Waals surface area (Å²) in [7, 11) is 1.60. The molecule has 6 heteroatoms. The Morgan fingerprint density at radius 2 is 2.18 bits per heavy atom. The van der Waals surface area contributed by atoms with E-state index in [2.05, 4.69) is 14.9 Å². The number of hydrogen-bond donors (Lipinski definition) is 1. The average molecular weight is 248 g/mol. The number of rotatable bonds is 2. The Bertz CT molecular complexity index is 512. The highest BCUT2D eigenvalue weighted by atomic mass is 32.1. The van der Waals surface area contributed by atoms with Crippen molar-refractivity contribution in [2.24, 2.45) is 0 Å². The van der Waals surface area contributed by atoms with Crippen LogP contribution in [0, 0.1) is 6.92 Å². The van der Waals surface area contributed by atoms with Gasteiger partial charge in [0.15, 0.2) is 0 Å². The number of urea groups is 1. The Kier molecular flexibility index (Phi) is 3.34. The molecule has 0 spiro atoms. The number of carbonyl (C=O) groups is 1. The van der Waals surface area contributed by atoms with Crippen molar-refractivity contribution in [2.75, 3.05) is 11.9 Å². The second-order valence-electron chi connectivity index (χ2n) is 3.43. The predicted octanol–water partition coefficient (Wildman–Crippen LogP) is 2.32. The van der Waals surface area contributed by atoms with Gasteiger partial charge in [-0.3, -0.25) is 4.90 Å². The van der Waals surface area contributed by atoms with Gasteiger partial charge in [0, 0.05) is 18.6 Å². The second kappa shape index (κ2) is 4.92. The van der Waals surface area contributed by atoms with Crippen molar-refractivity contribution in [2.45, 2.75) is 6.92 Å². The molecule has 5 nitrogen and oxygen atoms in total. The molecule has 2 aromatic rings. The van der Waals surface area contributed by atoms with Gasteiger partial charge in [-0.25, -0.2) is 4.79 Å². The first-order valence-corrected chi connectivity index (χ1v) is 5.86. The number of nitrogens with zero attached hydrogens (tertiary/aromatic N) is 3. The van der Waals surface area contributed by atoms with Gasteiger partial charge in [0.25, 0.3) is 0 Å². The van der Waals surface area contributed by atoms with Gasteiger partial charge < -0.3 is 5.32 Å². The number of benzene rings is 1. The van der Waals surface area contributed by atoms with Crippen molar-refractivity contribution in [1.82, 2.24) is 14.9 Å². The summed E-state index contributed by atoms with van der Waals surface area (Å²) in [5.74, 6) is 0. The van der Waals surface area contributed by atoms with Crippen LogP contribution in [0.15, 0.2) is 30.5 Å². The summed E-state index contributed by atoms with van der Waals surface area (Å²) in [5.41, 5.74) is 1.85. The predicted molar refractivity (Wildman–Crippen MR) is 67.7 cm³/mol. The highest BCUT2D eigenvalue weighted by Gasteiger charge is 2.19. The molecule has 0 bridgehead atoms. The van der Waals surface area contributed by atoms with E-state index in [-0.39, 0.29) is 6.03 Å². The van der Waals surface area contributed by atoms with Crippen LogP contribution in [-0.2, 0) is 0 Å². The normalized spacial score (nSPS) is 10.0. The van der Waals surface area contributed by atoms with Gasteiger partial charge in [-0.05, 0) is 18.6 Å². The van der Waals surface area contributed by atoms with Crippen LogP contribution in [0.1, 0.15) is 5.56 Å². The monoisotopic (exact) mass is 248 g/mol. The molecule has 0 unspecified atom stereocenters. The molecule has 0 atom stereocenters.